The maximum Gasteiger partial charge on any atom is 0.178 e. The molecular weight excluding hydrogens is 195 g/mol. The van der Waals surface area contributed by atoms with Crippen LogP contribution in [0.25, 0.3) is 0 Å². The van der Waals surface area contributed by atoms with Crippen molar-refractivity contribution >= 4 is 9.84 Å². The summed E-state index contributed by atoms with van der Waals surface area (Å²) < 4.78 is 39.8. The van der Waals surface area contributed by atoms with Crippen molar-refractivity contribution in [3.05, 3.63) is 24.0 Å². The third-order valence-electron chi connectivity index (χ3n) is 1.54. The van der Waals surface area contributed by atoms with Gasteiger partial charge in [-0.1, -0.05) is 0 Å². The molecule has 1 rings (SSSR count). The number of methoxy groups -OCH3 is 1. The van der Waals surface area contributed by atoms with Crippen LogP contribution in [0.3, 0.4) is 0 Å². The van der Waals surface area contributed by atoms with E-state index in [4.69, 9.17) is 4.74 Å². The Labute approximate surface area is 76.1 Å². The Morgan fingerprint density at radius 3 is 2.46 bits per heavy atom. The molecule has 72 valence electrons. The van der Waals surface area contributed by atoms with Gasteiger partial charge in [-0.05, 0) is 12.1 Å². The molecule has 0 saturated heterocycles. The van der Waals surface area contributed by atoms with Crippen molar-refractivity contribution in [1.82, 2.24) is 0 Å². The van der Waals surface area contributed by atoms with Crippen molar-refractivity contribution in [3.63, 3.8) is 0 Å². The van der Waals surface area contributed by atoms with E-state index in [0.717, 1.165) is 18.4 Å². The number of halogens is 1. The lowest BCUT2D eigenvalue weighted by atomic mass is 10.3. The van der Waals surface area contributed by atoms with E-state index in [1.54, 1.807) is 0 Å². The summed E-state index contributed by atoms with van der Waals surface area (Å²) in [5, 5.41) is 0. The summed E-state index contributed by atoms with van der Waals surface area (Å²) in [6.07, 6.45) is 0.949. The third kappa shape index (κ3) is 2.18. The van der Waals surface area contributed by atoms with E-state index in [1.165, 1.54) is 13.2 Å². The Bertz CT molecular complexity index is 411. The Morgan fingerprint density at radius 1 is 1.38 bits per heavy atom. The number of rotatable bonds is 2. The van der Waals surface area contributed by atoms with Crippen LogP contribution in [0.5, 0.6) is 5.75 Å². The molecule has 13 heavy (non-hydrogen) atoms. The molecule has 0 saturated carbocycles. The molecule has 0 fully saturated rings. The minimum Gasteiger partial charge on any atom is -0.497 e. The molecule has 5 heteroatoms. The maximum atomic E-state index is 13.0. The standard InChI is InChI=1S/C8H9FO3S/c1-12-6-3-4-7(9)8(5-6)13(2,10)11/h3-5H,1-2H3. The zero-order valence-corrected chi connectivity index (χ0v) is 8.06. The first kappa shape index (κ1) is 9.98. The molecule has 0 unspecified atom stereocenters. The molecule has 0 atom stereocenters. The van der Waals surface area contributed by atoms with Crippen LogP contribution in [0, 0.1) is 5.82 Å². The summed E-state index contributed by atoms with van der Waals surface area (Å²) in [6.45, 7) is 0. The molecule has 0 bridgehead atoms. The highest BCUT2D eigenvalue weighted by molar-refractivity contribution is 7.90. The van der Waals surface area contributed by atoms with Crippen LogP contribution in [0.15, 0.2) is 23.1 Å². The average Bonchev–Trinajstić information content (AvgIpc) is 2.03. The third-order valence-corrected chi connectivity index (χ3v) is 2.65. The molecule has 1 aromatic rings. The zero-order valence-electron chi connectivity index (χ0n) is 7.24. The van der Waals surface area contributed by atoms with Crippen LogP contribution in [-0.2, 0) is 9.84 Å². The lowest BCUT2D eigenvalue weighted by Gasteiger charge is -2.03. The lowest BCUT2D eigenvalue weighted by molar-refractivity contribution is 0.411. The molecular formula is C8H9FO3S. The van der Waals surface area contributed by atoms with Crippen LogP contribution in [0.4, 0.5) is 4.39 Å². The fourth-order valence-electron chi connectivity index (χ4n) is 0.895. The second-order valence-electron chi connectivity index (χ2n) is 2.57. The molecule has 0 spiro atoms. The van der Waals surface area contributed by atoms with Gasteiger partial charge >= 0.3 is 0 Å². The van der Waals surface area contributed by atoms with Gasteiger partial charge in [0, 0.05) is 12.3 Å². The monoisotopic (exact) mass is 204 g/mol. The lowest BCUT2D eigenvalue weighted by Crippen LogP contribution is -2.01. The van der Waals surface area contributed by atoms with Gasteiger partial charge in [-0.25, -0.2) is 12.8 Å². The van der Waals surface area contributed by atoms with Crippen molar-refractivity contribution in [2.45, 2.75) is 4.90 Å². The van der Waals surface area contributed by atoms with E-state index in [9.17, 15) is 12.8 Å². The molecule has 0 radical (unpaired) electrons. The van der Waals surface area contributed by atoms with Crippen molar-refractivity contribution in [3.8, 4) is 5.75 Å². The molecule has 0 heterocycles. The van der Waals surface area contributed by atoms with Crippen LogP contribution < -0.4 is 4.74 Å². The minimum atomic E-state index is -3.52. The minimum absolute atomic E-state index is 0.321. The molecule has 0 aromatic heterocycles. The summed E-state index contributed by atoms with van der Waals surface area (Å²) in [5.41, 5.74) is 0. The van der Waals surface area contributed by atoms with Gasteiger partial charge in [0.1, 0.15) is 16.5 Å². The summed E-state index contributed by atoms with van der Waals surface area (Å²) >= 11 is 0. The molecule has 0 aliphatic rings. The van der Waals surface area contributed by atoms with Gasteiger partial charge in [0.2, 0.25) is 0 Å². The van der Waals surface area contributed by atoms with Crippen LogP contribution >= 0.6 is 0 Å². The number of hydrogen-bond acceptors (Lipinski definition) is 3. The Hall–Kier alpha value is -1.10. The van der Waals surface area contributed by atoms with Crippen LogP contribution in [-0.4, -0.2) is 21.8 Å². The quantitative estimate of drug-likeness (QED) is 0.727. The maximum absolute atomic E-state index is 13.0. The Morgan fingerprint density at radius 2 is 2.00 bits per heavy atom. The number of benzene rings is 1. The number of sulfone groups is 1. The normalized spacial score (nSPS) is 11.3. The van der Waals surface area contributed by atoms with E-state index in [-0.39, 0.29) is 4.90 Å². The summed E-state index contributed by atoms with van der Waals surface area (Å²) in [4.78, 5) is -0.341. The molecule has 1 aromatic carbocycles. The van der Waals surface area contributed by atoms with Crippen LogP contribution in [0.1, 0.15) is 0 Å². The highest BCUT2D eigenvalue weighted by Gasteiger charge is 2.14. The molecule has 3 nitrogen and oxygen atoms in total. The van der Waals surface area contributed by atoms with Gasteiger partial charge < -0.3 is 4.74 Å². The smallest absolute Gasteiger partial charge is 0.178 e. The summed E-state index contributed by atoms with van der Waals surface area (Å²) in [6, 6.07) is 3.59. The first-order valence-electron chi connectivity index (χ1n) is 3.49. The molecule has 0 aliphatic carbocycles. The zero-order chi connectivity index (χ0) is 10.1. The van der Waals surface area contributed by atoms with Crippen molar-refractivity contribution in [1.29, 1.82) is 0 Å². The molecule has 0 N–H and O–H groups in total. The highest BCUT2D eigenvalue weighted by Crippen LogP contribution is 2.20. The van der Waals surface area contributed by atoms with Gasteiger partial charge in [-0.15, -0.1) is 0 Å². The average molecular weight is 204 g/mol. The predicted molar refractivity (Wildman–Crippen MR) is 46.1 cm³/mol. The van der Waals surface area contributed by atoms with E-state index in [0.29, 0.717) is 5.75 Å². The fourth-order valence-corrected chi connectivity index (χ4v) is 1.65. The van der Waals surface area contributed by atoms with E-state index in [2.05, 4.69) is 0 Å². The van der Waals surface area contributed by atoms with Crippen molar-refractivity contribution in [2.24, 2.45) is 0 Å². The molecule has 0 amide bonds. The topological polar surface area (TPSA) is 43.4 Å². The van der Waals surface area contributed by atoms with Crippen molar-refractivity contribution < 1.29 is 17.5 Å². The van der Waals surface area contributed by atoms with Crippen LogP contribution in [0.2, 0.25) is 0 Å². The predicted octanol–water partition coefficient (Wildman–Crippen LogP) is 1.24. The van der Waals surface area contributed by atoms with E-state index >= 15 is 0 Å². The van der Waals surface area contributed by atoms with Crippen molar-refractivity contribution in [2.75, 3.05) is 13.4 Å². The molecule has 0 aliphatic heterocycles. The highest BCUT2D eigenvalue weighted by atomic mass is 32.2. The number of hydrogen-bond donors (Lipinski definition) is 0. The Balaban J connectivity index is 3.36. The number of ether oxygens (including phenoxy) is 1. The van der Waals surface area contributed by atoms with Gasteiger partial charge in [0.25, 0.3) is 0 Å². The van der Waals surface area contributed by atoms with Gasteiger partial charge in [0.05, 0.1) is 7.11 Å². The Kier molecular flexibility index (Phi) is 2.56. The summed E-state index contributed by atoms with van der Waals surface area (Å²) in [5.74, 6) is -0.440. The fraction of sp³-hybridized carbons (Fsp3) is 0.250. The van der Waals surface area contributed by atoms with Gasteiger partial charge in [-0.2, -0.15) is 0 Å². The van der Waals surface area contributed by atoms with E-state index in [1.807, 2.05) is 0 Å². The summed E-state index contributed by atoms with van der Waals surface area (Å²) in [7, 11) is -2.13. The van der Waals surface area contributed by atoms with E-state index < -0.39 is 15.7 Å². The SMILES string of the molecule is COc1ccc(F)c(S(C)(=O)=O)c1. The van der Waals surface area contributed by atoms with Gasteiger partial charge in [-0.3, -0.25) is 0 Å². The second-order valence-corrected chi connectivity index (χ2v) is 4.55. The van der Waals surface area contributed by atoms with Gasteiger partial charge in [0.15, 0.2) is 9.84 Å². The first-order valence-corrected chi connectivity index (χ1v) is 5.38. The second kappa shape index (κ2) is 3.33. The first-order chi connectivity index (χ1) is 5.95. The largest absolute Gasteiger partial charge is 0.497 e.